The van der Waals surface area contributed by atoms with Gasteiger partial charge in [-0.3, -0.25) is 0 Å². The fourth-order valence-corrected chi connectivity index (χ4v) is 1.21. The third kappa shape index (κ3) is 4.05. The lowest BCUT2D eigenvalue weighted by molar-refractivity contribution is 0.222. The van der Waals surface area contributed by atoms with Gasteiger partial charge in [0.15, 0.2) is 0 Å². The van der Waals surface area contributed by atoms with Gasteiger partial charge in [0.25, 0.3) is 0 Å². The normalized spacial score (nSPS) is 10.0. The molecule has 0 atom stereocenters. The van der Waals surface area contributed by atoms with Crippen molar-refractivity contribution in [3.8, 4) is 12.1 Å². The predicted octanol–water partition coefficient (Wildman–Crippen LogP) is 1.05. The van der Waals surface area contributed by atoms with Crippen molar-refractivity contribution >= 4 is 11.9 Å². The third-order valence-corrected chi connectivity index (χ3v) is 2.07. The van der Waals surface area contributed by atoms with Gasteiger partial charge in [-0.2, -0.15) is 20.2 Å². The first-order valence-corrected chi connectivity index (χ1v) is 5.75. The molecular formula is C11H18N6O. The Kier molecular flexibility index (Phi) is 5.11. The predicted molar refractivity (Wildman–Crippen MR) is 68.6 cm³/mol. The van der Waals surface area contributed by atoms with Crippen LogP contribution in [0.2, 0.25) is 0 Å². The van der Waals surface area contributed by atoms with Crippen LogP contribution in [0.4, 0.5) is 11.9 Å². The van der Waals surface area contributed by atoms with Crippen molar-refractivity contribution in [1.29, 1.82) is 5.26 Å². The summed E-state index contributed by atoms with van der Waals surface area (Å²) in [4.78, 5) is 14.3. The van der Waals surface area contributed by atoms with Gasteiger partial charge in [0.2, 0.25) is 11.9 Å². The lowest BCUT2D eigenvalue weighted by Crippen LogP contribution is -2.22. The SMILES string of the molecule is CNc1nc(OC(C)C)nc(N(C)CCC#N)n1. The van der Waals surface area contributed by atoms with E-state index in [-0.39, 0.29) is 12.1 Å². The second kappa shape index (κ2) is 6.59. The molecule has 98 valence electrons. The maximum Gasteiger partial charge on any atom is 0.323 e. The first-order chi connectivity index (χ1) is 8.56. The molecule has 1 heterocycles. The molecule has 1 N–H and O–H groups in total. The summed E-state index contributed by atoms with van der Waals surface area (Å²) in [5.74, 6) is 0.930. The Morgan fingerprint density at radius 2 is 2.11 bits per heavy atom. The number of nitrogens with one attached hydrogen (secondary N) is 1. The minimum atomic E-state index is -0.00521. The Morgan fingerprint density at radius 3 is 2.67 bits per heavy atom. The fourth-order valence-electron chi connectivity index (χ4n) is 1.21. The van der Waals surface area contributed by atoms with Gasteiger partial charge < -0.3 is 15.0 Å². The van der Waals surface area contributed by atoms with E-state index in [4.69, 9.17) is 10.00 Å². The molecular weight excluding hydrogens is 232 g/mol. The third-order valence-electron chi connectivity index (χ3n) is 2.07. The van der Waals surface area contributed by atoms with Gasteiger partial charge in [-0.15, -0.1) is 0 Å². The molecule has 0 aromatic carbocycles. The van der Waals surface area contributed by atoms with Crippen LogP contribution in [0.1, 0.15) is 20.3 Å². The molecule has 0 unspecified atom stereocenters. The second-order valence-corrected chi connectivity index (χ2v) is 3.99. The summed E-state index contributed by atoms with van der Waals surface area (Å²) in [5.41, 5.74) is 0. The van der Waals surface area contributed by atoms with Gasteiger partial charge in [-0.25, -0.2) is 0 Å². The van der Waals surface area contributed by atoms with E-state index < -0.39 is 0 Å². The standard InChI is InChI=1S/C11H18N6O/c1-8(2)18-11-15-9(13-3)14-10(16-11)17(4)7-5-6-12/h8H,5,7H2,1-4H3,(H,13,14,15,16). The van der Waals surface area contributed by atoms with Gasteiger partial charge in [0.1, 0.15) is 0 Å². The van der Waals surface area contributed by atoms with Crippen LogP contribution in [-0.4, -0.2) is 41.7 Å². The van der Waals surface area contributed by atoms with Crippen LogP contribution < -0.4 is 15.0 Å². The highest BCUT2D eigenvalue weighted by atomic mass is 16.5. The number of rotatable bonds is 6. The van der Waals surface area contributed by atoms with Gasteiger partial charge in [0.05, 0.1) is 18.6 Å². The Labute approximate surface area is 107 Å². The molecule has 1 rings (SSSR count). The number of nitriles is 1. The quantitative estimate of drug-likeness (QED) is 0.807. The van der Waals surface area contributed by atoms with E-state index in [0.717, 1.165) is 0 Å². The molecule has 0 aliphatic heterocycles. The highest BCUT2D eigenvalue weighted by molar-refractivity contribution is 5.37. The number of anilines is 2. The number of hydrogen-bond acceptors (Lipinski definition) is 7. The summed E-state index contributed by atoms with van der Waals surface area (Å²) < 4.78 is 5.46. The molecule has 18 heavy (non-hydrogen) atoms. The van der Waals surface area contributed by atoms with E-state index in [0.29, 0.717) is 24.9 Å². The fraction of sp³-hybridized carbons (Fsp3) is 0.636. The molecule has 0 radical (unpaired) electrons. The number of nitrogens with zero attached hydrogens (tertiary/aromatic N) is 5. The van der Waals surface area contributed by atoms with E-state index in [9.17, 15) is 0 Å². The largest absolute Gasteiger partial charge is 0.461 e. The molecule has 1 aromatic heterocycles. The molecule has 0 spiro atoms. The van der Waals surface area contributed by atoms with Crippen LogP contribution in [-0.2, 0) is 0 Å². The number of hydrogen-bond donors (Lipinski definition) is 1. The molecule has 1 aromatic rings. The smallest absolute Gasteiger partial charge is 0.323 e. The van der Waals surface area contributed by atoms with Crippen molar-refractivity contribution in [2.24, 2.45) is 0 Å². The van der Waals surface area contributed by atoms with Crippen molar-refractivity contribution in [2.75, 3.05) is 30.9 Å². The number of ether oxygens (including phenoxy) is 1. The highest BCUT2D eigenvalue weighted by Gasteiger charge is 2.11. The molecule has 0 bridgehead atoms. The maximum absolute atomic E-state index is 8.57. The van der Waals surface area contributed by atoms with Crippen molar-refractivity contribution in [3.63, 3.8) is 0 Å². The first kappa shape index (κ1) is 14.0. The molecule has 0 saturated heterocycles. The van der Waals surface area contributed by atoms with Crippen LogP contribution in [0.15, 0.2) is 0 Å². The highest BCUT2D eigenvalue weighted by Crippen LogP contribution is 2.14. The monoisotopic (exact) mass is 250 g/mol. The molecule has 0 amide bonds. The Bertz CT molecular complexity index is 428. The van der Waals surface area contributed by atoms with E-state index >= 15 is 0 Å². The summed E-state index contributed by atoms with van der Waals surface area (Å²) in [6.07, 6.45) is 0.409. The first-order valence-electron chi connectivity index (χ1n) is 5.75. The topological polar surface area (TPSA) is 87.0 Å². The lowest BCUT2D eigenvalue weighted by Gasteiger charge is -2.17. The minimum Gasteiger partial charge on any atom is -0.461 e. The van der Waals surface area contributed by atoms with Crippen LogP contribution in [0.5, 0.6) is 6.01 Å². The minimum absolute atomic E-state index is 0.00521. The zero-order chi connectivity index (χ0) is 13.5. The summed E-state index contributed by atoms with van der Waals surface area (Å²) in [6.45, 7) is 4.37. The van der Waals surface area contributed by atoms with E-state index in [1.54, 1.807) is 11.9 Å². The van der Waals surface area contributed by atoms with Crippen molar-refractivity contribution in [1.82, 2.24) is 15.0 Å². The van der Waals surface area contributed by atoms with Gasteiger partial charge in [-0.1, -0.05) is 0 Å². The Hall–Kier alpha value is -2.10. The lowest BCUT2D eigenvalue weighted by atomic mass is 10.4. The van der Waals surface area contributed by atoms with Crippen LogP contribution >= 0.6 is 0 Å². The van der Waals surface area contributed by atoms with Crippen LogP contribution in [0.3, 0.4) is 0 Å². The van der Waals surface area contributed by atoms with Crippen molar-refractivity contribution in [3.05, 3.63) is 0 Å². The second-order valence-electron chi connectivity index (χ2n) is 3.99. The average molecular weight is 250 g/mol. The Balaban J connectivity index is 2.93. The van der Waals surface area contributed by atoms with Crippen molar-refractivity contribution in [2.45, 2.75) is 26.4 Å². The summed E-state index contributed by atoms with van der Waals surface area (Å²) in [7, 11) is 3.55. The average Bonchev–Trinajstić information content (AvgIpc) is 2.34. The van der Waals surface area contributed by atoms with E-state index in [1.807, 2.05) is 20.9 Å². The molecule has 7 nitrogen and oxygen atoms in total. The zero-order valence-electron chi connectivity index (χ0n) is 11.1. The van der Waals surface area contributed by atoms with Crippen molar-refractivity contribution < 1.29 is 4.74 Å². The van der Waals surface area contributed by atoms with E-state index in [1.165, 1.54) is 0 Å². The summed E-state index contributed by atoms with van der Waals surface area (Å²) in [6, 6.07) is 2.36. The molecule has 0 saturated carbocycles. The summed E-state index contributed by atoms with van der Waals surface area (Å²) >= 11 is 0. The van der Waals surface area contributed by atoms with Crippen LogP contribution in [0, 0.1) is 11.3 Å². The zero-order valence-corrected chi connectivity index (χ0v) is 11.1. The molecule has 0 aliphatic rings. The van der Waals surface area contributed by atoms with Gasteiger partial charge in [0, 0.05) is 20.6 Å². The summed E-state index contributed by atoms with van der Waals surface area (Å²) in [5, 5.41) is 11.4. The van der Waals surface area contributed by atoms with Gasteiger partial charge in [-0.05, 0) is 13.8 Å². The number of aromatic nitrogens is 3. The Morgan fingerprint density at radius 1 is 1.39 bits per heavy atom. The molecule has 0 fully saturated rings. The van der Waals surface area contributed by atoms with Crippen LogP contribution in [0.25, 0.3) is 0 Å². The van der Waals surface area contributed by atoms with E-state index in [2.05, 4.69) is 26.3 Å². The molecule has 0 aliphatic carbocycles. The van der Waals surface area contributed by atoms with Gasteiger partial charge >= 0.3 is 6.01 Å². The maximum atomic E-state index is 8.57. The molecule has 7 heteroatoms.